The Bertz CT molecular complexity index is 1500. The van der Waals surface area contributed by atoms with Crippen LogP contribution in [0.3, 0.4) is 0 Å². The van der Waals surface area contributed by atoms with Crippen molar-refractivity contribution in [1.29, 1.82) is 0 Å². The fraction of sp³-hybridized carbons (Fsp3) is 0.292. The number of nitrogens with zero attached hydrogens (tertiary/aromatic N) is 4. The number of amides is 1. The van der Waals surface area contributed by atoms with Gasteiger partial charge in [0.1, 0.15) is 29.8 Å². The van der Waals surface area contributed by atoms with Crippen LogP contribution in [0.4, 0.5) is 21.6 Å². The van der Waals surface area contributed by atoms with Gasteiger partial charge >= 0.3 is 0 Å². The molecule has 0 saturated heterocycles. The van der Waals surface area contributed by atoms with E-state index in [-0.39, 0.29) is 10.9 Å². The Morgan fingerprint density at radius 2 is 2.11 bits per heavy atom. The number of anilines is 3. The average molecular weight is 579 g/mol. The summed E-state index contributed by atoms with van der Waals surface area (Å²) in [5, 5.41) is 11.2. The van der Waals surface area contributed by atoms with E-state index < -0.39 is 11.9 Å². The van der Waals surface area contributed by atoms with Crippen molar-refractivity contribution in [2.24, 2.45) is 0 Å². The van der Waals surface area contributed by atoms with Crippen LogP contribution in [-0.2, 0) is 4.79 Å². The molecule has 0 radical (unpaired) electrons. The molecule has 1 amide bonds. The number of hydrogen-bond donors (Lipinski definition) is 2. The maximum Gasteiger partial charge on any atom is 0.249 e. The van der Waals surface area contributed by atoms with E-state index in [1.165, 1.54) is 29.8 Å². The van der Waals surface area contributed by atoms with Crippen LogP contribution < -0.4 is 15.4 Å². The Kier molecular flexibility index (Phi) is 8.95. The first-order valence-electron chi connectivity index (χ1n) is 11.5. The van der Waals surface area contributed by atoms with Gasteiger partial charge in [-0.2, -0.15) is 5.10 Å². The molecular weight excluding hydrogens is 555 g/mol. The predicted octanol–water partition coefficient (Wildman–Crippen LogP) is 7.25. The van der Waals surface area contributed by atoms with Crippen molar-refractivity contribution in [3.63, 3.8) is 0 Å². The first-order chi connectivity index (χ1) is 17.8. The Morgan fingerprint density at radius 3 is 2.84 bits per heavy atom. The molecule has 0 saturated carbocycles. The molecule has 4 aromatic rings. The van der Waals surface area contributed by atoms with E-state index in [4.69, 9.17) is 28.6 Å². The number of carbonyl (C=O) groups excluding carboxylic acids is 1. The van der Waals surface area contributed by atoms with E-state index in [0.717, 1.165) is 16.5 Å². The van der Waals surface area contributed by atoms with Gasteiger partial charge in [0.05, 0.1) is 22.8 Å². The number of benzene rings is 2. The fourth-order valence-corrected chi connectivity index (χ4v) is 5.97. The van der Waals surface area contributed by atoms with Crippen LogP contribution in [0.1, 0.15) is 33.2 Å². The van der Waals surface area contributed by atoms with Crippen LogP contribution in [0.5, 0.6) is 5.75 Å². The first-order valence-corrected chi connectivity index (χ1v) is 14.1. The minimum absolute atomic E-state index is 0.0131. The summed E-state index contributed by atoms with van der Waals surface area (Å²) in [4.78, 5) is 21.9. The molecule has 4 rings (SSSR count). The lowest BCUT2D eigenvalue weighted by atomic mass is 10.1. The normalized spacial score (nSPS) is 11.9. The van der Waals surface area contributed by atoms with Crippen molar-refractivity contribution in [1.82, 2.24) is 19.7 Å². The number of aromatic nitrogens is 4. The Morgan fingerprint density at radius 1 is 1.30 bits per heavy atom. The molecule has 0 bridgehead atoms. The standard InChI is InChI=1S/C24H24ClFN6O2S3/c1-4-8-36-23-31-32(24(35)37-23)13(3)22(33)30-19-10-15-18(11-20(19)34-5-2)27-12-28-21(15)29-14-6-7-17(26)16(25)9-14/h6-7,9-13H,4-5,8H2,1-3H3,(H,30,33)(H,27,28,29). The summed E-state index contributed by atoms with van der Waals surface area (Å²) in [6, 6.07) is 7.12. The average Bonchev–Trinajstić information content (AvgIpc) is 3.25. The van der Waals surface area contributed by atoms with Crippen molar-refractivity contribution in [3.05, 3.63) is 51.5 Å². The second-order valence-corrected chi connectivity index (χ2v) is 11.2. The number of carbonyl (C=O) groups is 1. The Balaban J connectivity index is 1.65. The summed E-state index contributed by atoms with van der Waals surface area (Å²) in [6.07, 6.45) is 2.42. The molecule has 2 aromatic carbocycles. The number of halogens is 2. The number of hydrogen-bond acceptors (Lipinski definition) is 9. The second kappa shape index (κ2) is 12.2. The number of rotatable bonds is 10. The van der Waals surface area contributed by atoms with Gasteiger partial charge in [0.25, 0.3) is 0 Å². The van der Waals surface area contributed by atoms with Crippen molar-refractivity contribution >= 4 is 80.9 Å². The van der Waals surface area contributed by atoms with E-state index in [1.54, 1.807) is 41.6 Å². The molecule has 0 spiro atoms. The quantitative estimate of drug-likeness (QED) is 0.150. The lowest BCUT2D eigenvalue weighted by molar-refractivity contribution is -0.119. The summed E-state index contributed by atoms with van der Waals surface area (Å²) in [5.41, 5.74) is 1.59. The molecule has 8 nitrogen and oxygen atoms in total. The minimum atomic E-state index is -0.643. The SMILES string of the molecule is CCCSc1nn(C(C)C(=O)Nc2cc3c(Nc4ccc(F)c(Cl)c4)ncnc3cc2OCC)c(=S)s1. The molecule has 1 atom stereocenters. The molecular formula is C24H24ClFN6O2S3. The van der Waals surface area contributed by atoms with Crippen molar-refractivity contribution in [2.45, 2.75) is 37.6 Å². The molecule has 2 aromatic heterocycles. The largest absolute Gasteiger partial charge is 0.492 e. The summed E-state index contributed by atoms with van der Waals surface area (Å²) < 4.78 is 22.3. The van der Waals surface area contributed by atoms with E-state index >= 15 is 0 Å². The van der Waals surface area contributed by atoms with Gasteiger partial charge in [-0.25, -0.2) is 19.0 Å². The molecule has 0 aliphatic heterocycles. The molecule has 2 heterocycles. The van der Waals surface area contributed by atoms with E-state index in [9.17, 15) is 9.18 Å². The summed E-state index contributed by atoms with van der Waals surface area (Å²) >= 11 is 14.4. The highest BCUT2D eigenvalue weighted by Crippen LogP contribution is 2.34. The van der Waals surface area contributed by atoms with Gasteiger partial charge in [0.2, 0.25) is 5.91 Å². The highest BCUT2D eigenvalue weighted by Gasteiger charge is 2.21. The lowest BCUT2D eigenvalue weighted by Gasteiger charge is -2.17. The van der Waals surface area contributed by atoms with Gasteiger partial charge < -0.3 is 15.4 Å². The Hall–Kier alpha value is -2.80. The van der Waals surface area contributed by atoms with Gasteiger partial charge in [-0.1, -0.05) is 41.6 Å². The Labute approximate surface area is 231 Å². The van der Waals surface area contributed by atoms with Gasteiger partial charge in [-0.05, 0) is 56.8 Å². The third-order valence-corrected chi connectivity index (χ3v) is 8.09. The smallest absolute Gasteiger partial charge is 0.249 e. The highest BCUT2D eigenvalue weighted by molar-refractivity contribution is 8.01. The third-order valence-electron chi connectivity index (χ3n) is 5.20. The zero-order valence-corrected chi connectivity index (χ0v) is 23.5. The highest BCUT2D eigenvalue weighted by atomic mass is 35.5. The molecule has 0 fully saturated rings. The number of fused-ring (bicyclic) bond motifs is 1. The summed E-state index contributed by atoms with van der Waals surface area (Å²) in [6.45, 7) is 6.09. The van der Waals surface area contributed by atoms with Crippen LogP contribution in [0, 0.1) is 9.77 Å². The minimum Gasteiger partial charge on any atom is -0.492 e. The van der Waals surface area contributed by atoms with Gasteiger partial charge in [-0.3, -0.25) is 4.79 Å². The van der Waals surface area contributed by atoms with Crippen molar-refractivity contribution < 1.29 is 13.9 Å². The zero-order valence-electron chi connectivity index (χ0n) is 20.2. The topological polar surface area (TPSA) is 94.0 Å². The molecule has 37 heavy (non-hydrogen) atoms. The van der Waals surface area contributed by atoms with Crippen LogP contribution in [0.15, 0.2) is 41.0 Å². The molecule has 13 heteroatoms. The number of ether oxygens (including phenoxy) is 1. The number of nitrogens with one attached hydrogen (secondary N) is 2. The van der Waals surface area contributed by atoms with E-state index in [2.05, 4.69) is 32.6 Å². The van der Waals surface area contributed by atoms with E-state index in [1.807, 2.05) is 6.92 Å². The monoisotopic (exact) mass is 578 g/mol. The fourth-order valence-electron chi connectivity index (χ4n) is 3.38. The summed E-state index contributed by atoms with van der Waals surface area (Å²) in [7, 11) is 0. The summed E-state index contributed by atoms with van der Waals surface area (Å²) in [5.74, 6) is 1.03. The third kappa shape index (κ3) is 6.38. The van der Waals surface area contributed by atoms with Gasteiger partial charge in [0.15, 0.2) is 8.29 Å². The zero-order chi connectivity index (χ0) is 26.5. The van der Waals surface area contributed by atoms with Crippen LogP contribution >= 0.6 is 46.9 Å². The van der Waals surface area contributed by atoms with Crippen molar-refractivity contribution in [3.8, 4) is 5.75 Å². The van der Waals surface area contributed by atoms with Crippen LogP contribution in [0.2, 0.25) is 5.02 Å². The maximum atomic E-state index is 13.6. The first kappa shape index (κ1) is 27.2. The number of thioether (sulfide) groups is 1. The van der Waals surface area contributed by atoms with Crippen LogP contribution in [-0.4, -0.2) is 38.0 Å². The second-order valence-electron chi connectivity index (χ2n) is 7.87. The molecule has 2 N–H and O–H groups in total. The molecule has 0 aliphatic rings. The van der Waals surface area contributed by atoms with Crippen molar-refractivity contribution in [2.75, 3.05) is 23.0 Å². The maximum absolute atomic E-state index is 13.6. The van der Waals surface area contributed by atoms with Gasteiger partial charge in [-0.15, -0.1) is 0 Å². The van der Waals surface area contributed by atoms with Gasteiger partial charge in [0, 0.05) is 22.9 Å². The lowest BCUT2D eigenvalue weighted by Crippen LogP contribution is -2.25. The predicted molar refractivity (Wildman–Crippen MR) is 151 cm³/mol. The molecule has 1 unspecified atom stereocenters. The van der Waals surface area contributed by atoms with Crippen LogP contribution in [0.25, 0.3) is 10.9 Å². The molecule has 0 aliphatic carbocycles. The van der Waals surface area contributed by atoms with E-state index in [0.29, 0.717) is 44.4 Å². The molecule has 194 valence electrons.